The van der Waals surface area contributed by atoms with Gasteiger partial charge in [-0.3, -0.25) is 14.1 Å². The maximum Gasteiger partial charge on any atom is 0.258 e. The lowest BCUT2D eigenvalue weighted by molar-refractivity contribution is 0.224. The average molecular weight is 359 g/mol. The van der Waals surface area contributed by atoms with E-state index in [1.54, 1.807) is 16.7 Å². The molecule has 0 saturated carbocycles. The molecule has 4 rings (SSSR count). The van der Waals surface area contributed by atoms with Gasteiger partial charge in [0.1, 0.15) is 11.4 Å². The van der Waals surface area contributed by atoms with Crippen molar-refractivity contribution in [3.05, 3.63) is 106 Å². The number of hydrogen-bond acceptors (Lipinski definition) is 4. The largest absolute Gasteiger partial charge is 0.468 e. The molecule has 3 heterocycles. The molecule has 0 fully saturated rings. The number of rotatable bonds is 6. The van der Waals surface area contributed by atoms with Crippen molar-refractivity contribution in [3.63, 3.8) is 0 Å². The SMILES string of the molecule is Cc1ccc2nc(CN(Cc3ccccc3)Cc3ccco3)cc(=O)n2c1. The zero-order chi connectivity index (χ0) is 18.6. The highest BCUT2D eigenvalue weighted by molar-refractivity contribution is 5.39. The molecule has 27 heavy (non-hydrogen) atoms. The summed E-state index contributed by atoms with van der Waals surface area (Å²) in [7, 11) is 0. The minimum absolute atomic E-state index is 0.0589. The van der Waals surface area contributed by atoms with Crippen LogP contribution < -0.4 is 5.56 Å². The highest BCUT2D eigenvalue weighted by Crippen LogP contribution is 2.14. The van der Waals surface area contributed by atoms with E-state index in [4.69, 9.17) is 4.42 Å². The maximum atomic E-state index is 12.5. The monoisotopic (exact) mass is 359 g/mol. The van der Waals surface area contributed by atoms with Crippen LogP contribution in [-0.4, -0.2) is 14.3 Å². The van der Waals surface area contributed by atoms with Crippen molar-refractivity contribution < 1.29 is 4.42 Å². The molecule has 0 spiro atoms. The van der Waals surface area contributed by atoms with E-state index in [0.29, 0.717) is 18.7 Å². The molecule has 0 aliphatic carbocycles. The standard InChI is InChI=1S/C22H21N3O2/c1-17-9-10-21-23-19(12-22(26)25(21)13-17)15-24(16-20-8-5-11-27-20)14-18-6-3-2-4-7-18/h2-13H,14-16H2,1H3. The molecule has 0 unspecified atom stereocenters. The highest BCUT2D eigenvalue weighted by atomic mass is 16.3. The summed E-state index contributed by atoms with van der Waals surface area (Å²) in [6.45, 7) is 3.92. The van der Waals surface area contributed by atoms with Crippen molar-refractivity contribution >= 4 is 5.65 Å². The number of furan rings is 1. The Morgan fingerprint density at radius 1 is 1.00 bits per heavy atom. The lowest BCUT2D eigenvalue weighted by atomic mass is 10.2. The van der Waals surface area contributed by atoms with Gasteiger partial charge in [0.15, 0.2) is 0 Å². The number of hydrogen-bond donors (Lipinski definition) is 0. The molecule has 5 nitrogen and oxygen atoms in total. The molecule has 0 N–H and O–H groups in total. The fourth-order valence-electron chi connectivity index (χ4n) is 3.20. The Balaban J connectivity index is 1.63. The smallest absolute Gasteiger partial charge is 0.258 e. The predicted octanol–water partition coefficient (Wildman–Crippen LogP) is 3.80. The molecule has 0 atom stereocenters. The Morgan fingerprint density at radius 3 is 2.63 bits per heavy atom. The second-order valence-electron chi connectivity index (χ2n) is 6.73. The minimum Gasteiger partial charge on any atom is -0.468 e. The average Bonchev–Trinajstić information content (AvgIpc) is 3.16. The fraction of sp³-hybridized carbons (Fsp3) is 0.182. The summed E-state index contributed by atoms with van der Waals surface area (Å²) in [4.78, 5) is 19.4. The molecular formula is C22H21N3O2. The Morgan fingerprint density at radius 2 is 1.85 bits per heavy atom. The molecule has 1 aromatic carbocycles. The third-order valence-corrected chi connectivity index (χ3v) is 4.45. The van der Waals surface area contributed by atoms with Crippen LogP contribution in [0.4, 0.5) is 0 Å². The topological polar surface area (TPSA) is 50.8 Å². The molecule has 4 aromatic rings. The summed E-state index contributed by atoms with van der Waals surface area (Å²) in [5.74, 6) is 0.888. The highest BCUT2D eigenvalue weighted by Gasteiger charge is 2.12. The van der Waals surface area contributed by atoms with Gasteiger partial charge in [0.25, 0.3) is 5.56 Å². The van der Waals surface area contributed by atoms with Gasteiger partial charge < -0.3 is 4.42 Å². The number of aromatic nitrogens is 2. The van der Waals surface area contributed by atoms with Crippen molar-refractivity contribution in [2.24, 2.45) is 0 Å². The molecule has 136 valence electrons. The van der Waals surface area contributed by atoms with Crippen molar-refractivity contribution in [2.75, 3.05) is 0 Å². The maximum absolute atomic E-state index is 12.5. The first-order chi connectivity index (χ1) is 13.2. The number of pyridine rings is 1. The van der Waals surface area contributed by atoms with E-state index in [1.165, 1.54) is 5.56 Å². The van der Waals surface area contributed by atoms with Gasteiger partial charge in [0.05, 0.1) is 18.5 Å². The van der Waals surface area contributed by atoms with E-state index in [1.807, 2.05) is 55.6 Å². The first kappa shape index (κ1) is 17.2. The molecule has 0 saturated heterocycles. The normalized spacial score (nSPS) is 11.3. The van der Waals surface area contributed by atoms with Gasteiger partial charge in [-0.15, -0.1) is 0 Å². The van der Waals surface area contributed by atoms with Crippen molar-refractivity contribution in [2.45, 2.75) is 26.6 Å². The summed E-state index contributed by atoms with van der Waals surface area (Å²) in [5, 5.41) is 0. The number of nitrogens with zero attached hydrogens (tertiary/aromatic N) is 3. The first-order valence-electron chi connectivity index (χ1n) is 8.95. The van der Waals surface area contributed by atoms with Crippen molar-refractivity contribution in [1.29, 1.82) is 0 Å². The lowest BCUT2D eigenvalue weighted by Crippen LogP contribution is -2.25. The molecule has 5 heteroatoms. The van der Waals surface area contributed by atoms with Crippen molar-refractivity contribution in [3.8, 4) is 0 Å². The number of benzene rings is 1. The number of fused-ring (bicyclic) bond motifs is 1. The van der Waals surface area contributed by atoms with Gasteiger partial charge in [-0.2, -0.15) is 0 Å². The van der Waals surface area contributed by atoms with E-state index in [2.05, 4.69) is 22.0 Å². The van der Waals surface area contributed by atoms with E-state index in [0.717, 1.165) is 23.6 Å². The summed E-state index contributed by atoms with van der Waals surface area (Å²) in [6.07, 6.45) is 3.50. The second kappa shape index (κ2) is 7.60. The summed E-state index contributed by atoms with van der Waals surface area (Å²) in [5.41, 5.74) is 3.60. The second-order valence-corrected chi connectivity index (χ2v) is 6.73. The third kappa shape index (κ3) is 4.15. The quantitative estimate of drug-likeness (QED) is 0.525. The van der Waals surface area contributed by atoms with Gasteiger partial charge in [0, 0.05) is 25.4 Å². The minimum atomic E-state index is -0.0589. The van der Waals surface area contributed by atoms with E-state index in [9.17, 15) is 4.79 Å². The van der Waals surface area contributed by atoms with E-state index in [-0.39, 0.29) is 5.56 Å². The van der Waals surface area contributed by atoms with Gasteiger partial charge in [0.2, 0.25) is 0 Å². The number of aryl methyl sites for hydroxylation is 1. The van der Waals surface area contributed by atoms with E-state index < -0.39 is 0 Å². The molecule has 0 radical (unpaired) electrons. The van der Waals surface area contributed by atoms with Crippen LogP contribution in [0.1, 0.15) is 22.6 Å². The predicted molar refractivity (Wildman–Crippen MR) is 104 cm³/mol. The summed E-state index contributed by atoms with van der Waals surface area (Å²) < 4.78 is 7.11. The van der Waals surface area contributed by atoms with Crippen molar-refractivity contribution in [1.82, 2.24) is 14.3 Å². The molecule has 0 bridgehead atoms. The van der Waals surface area contributed by atoms with Crippen LogP contribution in [0, 0.1) is 6.92 Å². The van der Waals surface area contributed by atoms with Crippen LogP contribution in [0.5, 0.6) is 0 Å². The lowest BCUT2D eigenvalue weighted by Gasteiger charge is -2.21. The van der Waals surface area contributed by atoms with Crippen LogP contribution in [0.15, 0.2) is 82.3 Å². The third-order valence-electron chi connectivity index (χ3n) is 4.45. The molecular weight excluding hydrogens is 338 g/mol. The van der Waals surface area contributed by atoms with Crippen LogP contribution in [0.3, 0.4) is 0 Å². The van der Waals surface area contributed by atoms with Gasteiger partial charge in [-0.05, 0) is 36.2 Å². The summed E-state index contributed by atoms with van der Waals surface area (Å²) in [6, 6.07) is 19.6. The van der Waals surface area contributed by atoms with Crippen LogP contribution in [0.2, 0.25) is 0 Å². The molecule has 3 aromatic heterocycles. The van der Waals surface area contributed by atoms with E-state index >= 15 is 0 Å². The van der Waals surface area contributed by atoms with Crippen LogP contribution in [0.25, 0.3) is 5.65 Å². The van der Waals surface area contributed by atoms with Gasteiger partial charge in [-0.1, -0.05) is 36.4 Å². The zero-order valence-electron chi connectivity index (χ0n) is 15.2. The Kier molecular flexibility index (Phi) is 4.85. The fourth-order valence-corrected chi connectivity index (χ4v) is 3.20. The molecule has 0 amide bonds. The first-order valence-corrected chi connectivity index (χ1v) is 8.95. The Labute approximate surface area is 157 Å². The molecule has 0 aliphatic heterocycles. The summed E-state index contributed by atoms with van der Waals surface area (Å²) >= 11 is 0. The molecule has 0 aliphatic rings. The van der Waals surface area contributed by atoms with Gasteiger partial charge in [-0.25, -0.2) is 4.98 Å². The zero-order valence-corrected chi connectivity index (χ0v) is 15.2. The Hall–Kier alpha value is -3.18. The van der Waals surface area contributed by atoms with Crippen LogP contribution >= 0.6 is 0 Å². The van der Waals surface area contributed by atoms with Crippen LogP contribution in [-0.2, 0) is 19.6 Å². The Bertz CT molecular complexity index is 1090. The van der Waals surface area contributed by atoms with Gasteiger partial charge >= 0.3 is 0 Å².